The fraction of sp³-hybridized carbons (Fsp3) is 0.889. The molecule has 2 fully saturated rings. The smallest absolute Gasteiger partial charge is 0.225 e. The minimum atomic E-state index is 0.213. The lowest BCUT2D eigenvalue weighted by Gasteiger charge is -2.33. The molecule has 0 aliphatic carbocycles. The van der Waals surface area contributed by atoms with Crippen molar-refractivity contribution in [3.63, 3.8) is 0 Å². The highest BCUT2D eigenvalue weighted by Gasteiger charge is 2.29. The summed E-state index contributed by atoms with van der Waals surface area (Å²) in [6, 6.07) is 0. The van der Waals surface area contributed by atoms with Gasteiger partial charge in [0.1, 0.15) is 0 Å². The van der Waals surface area contributed by atoms with Gasteiger partial charge in [0.2, 0.25) is 5.91 Å². The quantitative estimate of drug-likeness (QED) is 0.787. The number of amides is 1. The van der Waals surface area contributed by atoms with Gasteiger partial charge >= 0.3 is 0 Å². The normalized spacial score (nSPS) is 20.6. The summed E-state index contributed by atoms with van der Waals surface area (Å²) >= 11 is 0. The van der Waals surface area contributed by atoms with Crippen LogP contribution in [0.25, 0.3) is 0 Å². The number of unbranched alkanes of at least 4 members (excludes halogenated alkanes) is 1. The molecule has 1 aromatic heterocycles. The van der Waals surface area contributed by atoms with Crippen LogP contribution in [0.15, 0.2) is 0 Å². The van der Waals surface area contributed by atoms with Gasteiger partial charge in [-0.25, -0.2) is 4.68 Å². The van der Waals surface area contributed by atoms with Crippen LogP contribution in [0.5, 0.6) is 0 Å². The molecule has 140 valence electrons. The van der Waals surface area contributed by atoms with E-state index in [1.807, 2.05) is 4.68 Å². The number of hydrogen-bond acceptors (Lipinski definition) is 5. The van der Waals surface area contributed by atoms with Gasteiger partial charge in [0, 0.05) is 25.6 Å². The Morgan fingerprint density at radius 1 is 1.08 bits per heavy atom. The molecule has 2 aliphatic heterocycles. The van der Waals surface area contributed by atoms with Gasteiger partial charge in [-0.3, -0.25) is 9.69 Å². The van der Waals surface area contributed by atoms with Crippen molar-refractivity contribution in [2.24, 2.45) is 5.92 Å². The van der Waals surface area contributed by atoms with Gasteiger partial charge in [0.15, 0.2) is 5.82 Å². The Kier molecular flexibility index (Phi) is 6.78. The first kappa shape index (κ1) is 18.3. The number of aromatic nitrogens is 4. The summed E-state index contributed by atoms with van der Waals surface area (Å²) < 4.78 is 1.93. The van der Waals surface area contributed by atoms with Crippen molar-refractivity contribution in [3.05, 3.63) is 5.82 Å². The number of carbonyl (C=O) groups excluding carboxylic acids is 1. The zero-order valence-electron chi connectivity index (χ0n) is 15.6. The molecule has 3 heterocycles. The molecule has 0 aromatic carbocycles. The summed E-state index contributed by atoms with van der Waals surface area (Å²) in [5, 5.41) is 12.1. The van der Waals surface area contributed by atoms with Crippen LogP contribution in [0.2, 0.25) is 0 Å². The van der Waals surface area contributed by atoms with E-state index < -0.39 is 0 Å². The van der Waals surface area contributed by atoms with Gasteiger partial charge in [-0.1, -0.05) is 26.2 Å². The average molecular weight is 348 g/mol. The minimum Gasteiger partial charge on any atom is -0.342 e. The Labute approximate surface area is 150 Å². The molecule has 1 aromatic rings. The molecular weight excluding hydrogens is 316 g/mol. The van der Waals surface area contributed by atoms with Crippen molar-refractivity contribution in [1.82, 2.24) is 30.0 Å². The second kappa shape index (κ2) is 9.27. The van der Waals surface area contributed by atoms with Crippen LogP contribution < -0.4 is 0 Å². The van der Waals surface area contributed by atoms with Crippen molar-refractivity contribution in [1.29, 1.82) is 0 Å². The van der Waals surface area contributed by atoms with Gasteiger partial charge in [0.05, 0.1) is 6.54 Å². The van der Waals surface area contributed by atoms with E-state index in [0.717, 1.165) is 70.8 Å². The number of carbonyl (C=O) groups is 1. The van der Waals surface area contributed by atoms with Gasteiger partial charge < -0.3 is 4.90 Å². The number of aryl methyl sites for hydroxylation is 1. The number of piperidine rings is 1. The van der Waals surface area contributed by atoms with Crippen molar-refractivity contribution in [2.75, 3.05) is 26.2 Å². The molecule has 0 unspecified atom stereocenters. The molecule has 0 N–H and O–H groups in total. The van der Waals surface area contributed by atoms with E-state index in [4.69, 9.17) is 0 Å². The van der Waals surface area contributed by atoms with E-state index in [0.29, 0.717) is 5.91 Å². The van der Waals surface area contributed by atoms with Crippen LogP contribution in [0, 0.1) is 5.92 Å². The lowest BCUT2D eigenvalue weighted by atomic mass is 9.95. The zero-order valence-corrected chi connectivity index (χ0v) is 15.6. The third kappa shape index (κ3) is 5.00. The first-order valence-electron chi connectivity index (χ1n) is 10.0. The number of likely N-dealkylation sites (tertiary alicyclic amines) is 2. The Hall–Kier alpha value is -1.50. The molecule has 7 heteroatoms. The van der Waals surface area contributed by atoms with Gasteiger partial charge in [-0.2, -0.15) is 0 Å². The van der Waals surface area contributed by atoms with E-state index in [2.05, 4.69) is 32.2 Å². The number of tetrazole rings is 1. The monoisotopic (exact) mass is 348 g/mol. The summed E-state index contributed by atoms with van der Waals surface area (Å²) in [7, 11) is 0. The summed E-state index contributed by atoms with van der Waals surface area (Å²) in [5.41, 5.74) is 0. The number of rotatable bonds is 6. The molecule has 0 radical (unpaired) electrons. The lowest BCUT2D eigenvalue weighted by molar-refractivity contribution is -0.137. The van der Waals surface area contributed by atoms with Crippen molar-refractivity contribution in [3.8, 4) is 0 Å². The Morgan fingerprint density at radius 3 is 2.48 bits per heavy atom. The summed E-state index contributed by atoms with van der Waals surface area (Å²) in [6.07, 6.45) is 9.06. The largest absolute Gasteiger partial charge is 0.342 e. The minimum absolute atomic E-state index is 0.213. The molecule has 25 heavy (non-hydrogen) atoms. The third-order valence-electron chi connectivity index (χ3n) is 5.55. The molecule has 0 atom stereocenters. The first-order chi connectivity index (χ1) is 12.3. The molecule has 0 bridgehead atoms. The van der Waals surface area contributed by atoms with Crippen LogP contribution in [0.4, 0.5) is 0 Å². The molecule has 0 saturated carbocycles. The SMILES string of the molecule is CCCCn1nnnc1CN1CCC(C(=O)N2CCCCCC2)CC1. The molecule has 2 aliphatic rings. The number of hydrogen-bond donors (Lipinski definition) is 0. The molecule has 0 spiro atoms. The highest BCUT2D eigenvalue weighted by molar-refractivity contribution is 5.79. The summed E-state index contributed by atoms with van der Waals surface area (Å²) in [5.74, 6) is 1.56. The van der Waals surface area contributed by atoms with Crippen molar-refractivity contribution < 1.29 is 4.79 Å². The van der Waals surface area contributed by atoms with Gasteiger partial charge in [-0.05, 0) is 55.6 Å². The third-order valence-corrected chi connectivity index (χ3v) is 5.55. The van der Waals surface area contributed by atoms with Crippen LogP contribution in [0.1, 0.15) is 64.1 Å². The average Bonchev–Trinajstić information content (AvgIpc) is 2.90. The van der Waals surface area contributed by atoms with Crippen molar-refractivity contribution in [2.45, 2.75) is 71.4 Å². The topological polar surface area (TPSA) is 67.2 Å². The predicted molar refractivity (Wildman–Crippen MR) is 95.8 cm³/mol. The maximum absolute atomic E-state index is 12.8. The van der Waals surface area contributed by atoms with E-state index in [-0.39, 0.29) is 5.92 Å². The summed E-state index contributed by atoms with van der Waals surface area (Å²) in [6.45, 7) is 7.71. The standard InChI is InChI=1S/C18H32N6O/c1-2-3-12-24-17(19-20-21-24)15-22-13-8-16(9-14-22)18(25)23-10-6-4-5-7-11-23/h16H,2-15H2,1H3. The Balaban J connectivity index is 1.47. The molecular formula is C18H32N6O. The van der Waals surface area contributed by atoms with Crippen LogP contribution in [-0.2, 0) is 17.9 Å². The summed E-state index contributed by atoms with van der Waals surface area (Å²) in [4.78, 5) is 17.3. The second-order valence-corrected chi connectivity index (χ2v) is 7.46. The predicted octanol–water partition coefficient (Wildman–Crippen LogP) is 2.09. The first-order valence-corrected chi connectivity index (χ1v) is 10.0. The maximum atomic E-state index is 12.8. The molecule has 2 saturated heterocycles. The van der Waals surface area contributed by atoms with E-state index in [1.165, 1.54) is 25.7 Å². The number of nitrogens with zero attached hydrogens (tertiary/aromatic N) is 6. The van der Waals surface area contributed by atoms with Gasteiger partial charge in [0.25, 0.3) is 0 Å². The molecule has 1 amide bonds. The fourth-order valence-corrected chi connectivity index (χ4v) is 3.91. The van der Waals surface area contributed by atoms with E-state index in [9.17, 15) is 4.79 Å². The molecule has 7 nitrogen and oxygen atoms in total. The lowest BCUT2D eigenvalue weighted by Crippen LogP contribution is -2.43. The maximum Gasteiger partial charge on any atom is 0.225 e. The highest BCUT2D eigenvalue weighted by Crippen LogP contribution is 2.22. The second-order valence-electron chi connectivity index (χ2n) is 7.46. The van der Waals surface area contributed by atoms with Gasteiger partial charge in [-0.15, -0.1) is 5.10 Å². The van der Waals surface area contributed by atoms with E-state index >= 15 is 0 Å². The van der Waals surface area contributed by atoms with Crippen molar-refractivity contribution >= 4 is 5.91 Å². The van der Waals surface area contributed by atoms with Crippen LogP contribution >= 0.6 is 0 Å². The van der Waals surface area contributed by atoms with Crippen LogP contribution in [-0.4, -0.2) is 62.1 Å². The fourth-order valence-electron chi connectivity index (χ4n) is 3.91. The zero-order chi connectivity index (χ0) is 17.5. The Morgan fingerprint density at radius 2 is 1.80 bits per heavy atom. The Bertz CT molecular complexity index is 529. The van der Waals surface area contributed by atoms with E-state index in [1.54, 1.807) is 0 Å². The van der Waals surface area contributed by atoms with Crippen LogP contribution in [0.3, 0.4) is 0 Å². The highest BCUT2D eigenvalue weighted by atomic mass is 16.2. The molecule has 3 rings (SSSR count).